The summed E-state index contributed by atoms with van der Waals surface area (Å²) in [6.45, 7) is 4.22. The topological polar surface area (TPSA) is 83.9 Å². The molecule has 1 N–H and O–H groups in total. The number of nitrogens with zero attached hydrogens (tertiary/aromatic N) is 1. The standard InChI is InChI=1S/C23H22ClNO5/c1-13(2)12-25-19(14-4-6-16(7-5-14)23(29)30-3)18(21(27)22(25)28)20(26)15-8-10-17(24)11-9-15/h4-11,13,19,26H,12H2,1-3H3/t19-/m0/s1. The zero-order valence-electron chi connectivity index (χ0n) is 16.9. The van der Waals surface area contributed by atoms with Crippen molar-refractivity contribution in [3.63, 3.8) is 0 Å². The minimum absolute atomic E-state index is 0.00814. The van der Waals surface area contributed by atoms with Crippen LogP contribution in [0, 0.1) is 5.92 Å². The van der Waals surface area contributed by atoms with Crippen molar-refractivity contribution < 1.29 is 24.2 Å². The van der Waals surface area contributed by atoms with E-state index in [1.807, 2.05) is 13.8 Å². The van der Waals surface area contributed by atoms with Crippen molar-refractivity contribution in [2.75, 3.05) is 13.7 Å². The second-order valence-corrected chi connectivity index (χ2v) is 7.90. The summed E-state index contributed by atoms with van der Waals surface area (Å²) >= 11 is 5.92. The third kappa shape index (κ3) is 4.09. The van der Waals surface area contributed by atoms with E-state index in [1.165, 1.54) is 12.0 Å². The van der Waals surface area contributed by atoms with Crippen molar-refractivity contribution in [3.05, 3.63) is 75.8 Å². The number of aliphatic hydroxyl groups excluding tert-OH is 1. The number of carbonyl (C=O) groups excluding carboxylic acids is 3. The number of hydrogen-bond donors (Lipinski definition) is 1. The van der Waals surface area contributed by atoms with E-state index in [4.69, 9.17) is 16.3 Å². The highest BCUT2D eigenvalue weighted by Gasteiger charge is 2.46. The fourth-order valence-electron chi connectivity index (χ4n) is 3.49. The molecule has 0 aliphatic carbocycles. The molecule has 0 spiro atoms. The van der Waals surface area contributed by atoms with E-state index in [2.05, 4.69) is 0 Å². The molecule has 1 aliphatic heterocycles. The number of Topliss-reactive ketones (excluding diaryl/α,β-unsaturated/α-hetero) is 1. The molecule has 0 aromatic heterocycles. The van der Waals surface area contributed by atoms with Crippen molar-refractivity contribution in [2.24, 2.45) is 5.92 Å². The smallest absolute Gasteiger partial charge is 0.337 e. The molecule has 0 bridgehead atoms. The number of aliphatic hydroxyl groups is 1. The zero-order chi connectivity index (χ0) is 22.0. The monoisotopic (exact) mass is 427 g/mol. The third-order valence-corrected chi connectivity index (χ3v) is 5.12. The zero-order valence-corrected chi connectivity index (χ0v) is 17.6. The van der Waals surface area contributed by atoms with Gasteiger partial charge in [-0.05, 0) is 47.9 Å². The van der Waals surface area contributed by atoms with E-state index in [0.29, 0.717) is 28.3 Å². The molecule has 2 aromatic carbocycles. The van der Waals surface area contributed by atoms with Gasteiger partial charge in [0.25, 0.3) is 11.7 Å². The summed E-state index contributed by atoms with van der Waals surface area (Å²) in [6.07, 6.45) is 0. The summed E-state index contributed by atoms with van der Waals surface area (Å²) in [6, 6.07) is 12.1. The van der Waals surface area contributed by atoms with Crippen LogP contribution in [0.1, 0.15) is 41.4 Å². The van der Waals surface area contributed by atoms with Gasteiger partial charge in [-0.1, -0.05) is 37.6 Å². The van der Waals surface area contributed by atoms with Crippen LogP contribution >= 0.6 is 11.6 Å². The predicted octanol–water partition coefficient (Wildman–Crippen LogP) is 4.20. The van der Waals surface area contributed by atoms with Crippen LogP contribution in [-0.4, -0.2) is 41.3 Å². The van der Waals surface area contributed by atoms with Crippen molar-refractivity contribution in [1.29, 1.82) is 0 Å². The summed E-state index contributed by atoms with van der Waals surface area (Å²) in [5.74, 6) is -2.06. The Morgan fingerprint density at radius 2 is 1.63 bits per heavy atom. The van der Waals surface area contributed by atoms with Gasteiger partial charge in [-0.25, -0.2) is 4.79 Å². The minimum atomic E-state index is -0.769. The van der Waals surface area contributed by atoms with Crippen molar-refractivity contribution in [1.82, 2.24) is 4.90 Å². The van der Waals surface area contributed by atoms with Crippen LogP contribution in [0.3, 0.4) is 0 Å². The van der Waals surface area contributed by atoms with Crippen LogP contribution in [0.25, 0.3) is 5.76 Å². The molecule has 1 heterocycles. The molecular weight excluding hydrogens is 406 g/mol. The number of ketones is 1. The van der Waals surface area contributed by atoms with Crippen LogP contribution in [-0.2, 0) is 14.3 Å². The van der Waals surface area contributed by atoms with E-state index in [9.17, 15) is 19.5 Å². The van der Waals surface area contributed by atoms with E-state index < -0.39 is 23.7 Å². The molecule has 1 fully saturated rings. The van der Waals surface area contributed by atoms with Gasteiger partial charge in [0.15, 0.2) is 0 Å². The maximum absolute atomic E-state index is 12.9. The maximum atomic E-state index is 12.9. The fourth-order valence-corrected chi connectivity index (χ4v) is 3.62. The summed E-state index contributed by atoms with van der Waals surface area (Å²) in [4.78, 5) is 38.9. The highest BCUT2D eigenvalue weighted by atomic mass is 35.5. The fraction of sp³-hybridized carbons (Fsp3) is 0.261. The Hall–Kier alpha value is -3.12. The number of hydrogen-bond acceptors (Lipinski definition) is 5. The number of benzene rings is 2. The first-order valence-corrected chi connectivity index (χ1v) is 9.85. The van der Waals surface area contributed by atoms with Gasteiger partial charge in [-0.2, -0.15) is 0 Å². The third-order valence-electron chi connectivity index (χ3n) is 4.87. The highest BCUT2D eigenvalue weighted by Crippen LogP contribution is 2.40. The molecule has 2 aromatic rings. The SMILES string of the molecule is COC(=O)c1ccc([C@H]2C(=C(O)c3ccc(Cl)cc3)C(=O)C(=O)N2CC(C)C)cc1. The van der Waals surface area contributed by atoms with Crippen LogP contribution in [0.5, 0.6) is 0 Å². The molecular formula is C23H22ClNO5. The first kappa shape index (κ1) is 21.6. The Balaban J connectivity index is 2.14. The Morgan fingerprint density at radius 3 is 2.17 bits per heavy atom. The first-order valence-electron chi connectivity index (χ1n) is 9.47. The van der Waals surface area contributed by atoms with Crippen LogP contribution in [0.15, 0.2) is 54.1 Å². The van der Waals surface area contributed by atoms with E-state index in [0.717, 1.165) is 0 Å². The number of carbonyl (C=O) groups is 3. The maximum Gasteiger partial charge on any atom is 0.337 e. The largest absolute Gasteiger partial charge is 0.507 e. The van der Waals surface area contributed by atoms with Gasteiger partial charge in [0.1, 0.15) is 5.76 Å². The summed E-state index contributed by atoms with van der Waals surface area (Å²) < 4.78 is 4.72. The number of methoxy groups -OCH3 is 1. The number of likely N-dealkylation sites (tertiary alicyclic amines) is 1. The van der Waals surface area contributed by atoms with E-state index in [1.54, 1.807) is 48.5 Å². The quantitative estimate of drug-likeness (QED) is 0.334. The lowest BCUT2D eigenvalue weighted by Gasteiger charge is -2.27. The van der Waals surface area contributed by atoms with Gasteiger partial charge in [-0.3, -0.25) is 9.59 Å². The second-order valence-electron chi connectivity index (χ2n) is 7.47. The molecule has 3 rings (SSSR count). The van der Waals surface area contributed by atoms with E-state index >= 15 is 0 Å². The Labute approximate surface area is 179 Å². The Morgan fingerprint density at radius 1 is 1.07 bits per heavy atom. The first-order chi connectivity index (χ1) is 14.2. The summed E-state index contributed by atoms with van der Waals surface area (Å²) in [5, 5.41) is 11.4. The molecule has 7 heteroatoms. The molecule has 6 nitrogen and oxygen atoms in total. The number of rotatable bonds is 5. The van der Waals surface area contributed by atoms with Gasteiger partial charge in [0, 0.05) is 17.1 Å². The van der Waals surface area contributed by atoms with Gasteiger partial charge in [0.2, 0.25) is 0 Å². The molecule has 0 saturated carbocycles. The van der Waals surface area contributed by atoms with Gasteiger partial charge in [-0.15, -0.1) is 0 Å². The van der Waals surface area contributed by atoms with Crippen LogP contribution in [0.4, 0.5) is 0 Å². The Bertz CT molecular complexity index is 1010. The molecule has 1 aliphatic rings. The number of halogens is 1. The second kappa shape index (κ2) is 8.71. The molecule has 156 valence electrons. The van der Waals surface area contributed by atoms with Crippen LogP contribution < -0.4 is 0 Å². The predicted molar refractivity (Wildman–Crippen MR) is 113 cm³/mol. The van der Waals surface area contributed by atoms with Crippen molar-refractivity contribution in [3.8, 4) is 0 Å². The minimum Gasteiger partial charge on any atom is -0.507 e. The summed E-state index contributed by atoms with van der Waals surface area (Å²) in [5.41, 5.74) is 1.35. The number of ether oxygens (including phenoxy) is 1. The number of esters is 1. The molecule has 30 heavy (non-hydrogen) atoms. The van der Waals surface area contributed by atoms with Crippen molar-refractivity contribution >= 4 is 35.0 Å². The molecule has 1 atom stereocenters. The average Bonchev–Trinajstić information content (AvgIpc) is 2.97. The molecule has 0 radical (unpaired) electrons. The highest BCUT2D eigenvalue weighted by molar-refractivity contribution is 6.46. The van der Waals surface area contributed by atoms with Crippen molar-refractivity contribution in [2.45, 2.75) is 19.9 Å². The lowest BCUT2D eigenvalue weighted by Crippen LogP contribution is -2.33. The average molecular weight is 428 g/mol. The Kier molecular flexibility index (Phi) is 6.27. The normalized spacial score (nSPS) is 18.2. The van der Waals surface area contributed by atoms with Gasteiger partial charge < -0.3 is 14.7 Å². The lowest BCUT2D eigenvalue weighted by molar-refractivity contribution is -0.140. The molecule has 1 amide bonds. The lowest BCUT2D eigenvalue weighted by atomic mass is 9.94. The van der Waals surface area contributed by atoms with Gasteiger partial charge in [0.05, 0.1) is 24.3 Å². The number of amides is 1. The summed E-state index contributed by atoms with van der Waals surface area (Å²) in [7, 11) is 1.29. The molecule has 1 saturated heterocycles. The van der Waals surface area contributed by atoms with Crippen LogP contribution in [0.2, 0.25) is 5.02 Å². The van der Waals surface area contributed by atoms with Gasteiger partial charge >= 0.3 is 5.97 Å². The van der Waals surface area contributed by atoms with E-state index in [-0.39, 0.29) is 17.3 Å². The molecule has 0 unspecified atom stereocenters.